The number of piperidine rings is 1. The van der Waals surface area contributed by atoms with E-state index in [0.717, 1.165) is 53.9 Å². The lowest BCUT2D eigenvalue weighted by Gasteiger charge is -2.33. The average molecular weight is 544 g/mol. The Morgan fingerprint density at radius 3 is 2.48 bits per heavy atom. The maximum Gasteiger partial charge on any atom is 0.236 e. The summed E-state index contributed by atoms with van der Waals surface area (Å²) in [5.41, 5.74) is 9.34. The summed E-state index contributed by atoms with van der Waals surface area (Å²) in [6, 6.07) is 6.82. The number of benzene rings is 1. The van der Waals surface area contributed by atoms with E-state index in [1.807, 2.05) is 16.5 Å². The normalized spacial score (nSPS) is 14.7. The zero-order valence-electron chi connectivity index (χ0n) is 24.8. The Labute approximate surface area is 236 Å². The van der Waals surface area contributed by atoms with E-state index in [9.17, 15) is 9.59 Å². The zero-order valence-corrected chi connectivity index (χ0v) is 24.8. The highest BCUT2D eigenvalue weighted by molar-refractivity contribution is 5.93. The van der Waals surface area contributed by atoms with Crippen LogP contribution in [0.4, 0.5) is 0 Å². The molecular weight excluding hydrogens is 502 g/mol. The van der Waals surface area contributed by atoms with Crippen molar-refractivity contribution in [3.63, 3.8) is 0 Å². The number of H-pyrrole nitrogens is 1. The van der Waals surface area contributed by atoms with Crippen LogP contribution in [0.1, 0.15) is 60.8 Å². The molecule has 212 valence electrons. The van der Waals surface area contributed by atoms with Gasteiger partial charge in [-0.15, -0.1) is 0 Å². The quantitative estimate of drug-likeness (QED) is 0.375. The first-order valence-corrected chi connectivity index (χ1v) is 14.2. The number of likely N-dealkylation sites (N-methyl/N-ethyl adjacent to an activating group) is 2. The lowest BCUT2D eigenvalue weighted by molar-refractivity contribution is -0.134. The molecule has 4 heterocycles. The fraction of sp³-hybridized carbons (Fsp3) is 0.484. The number of aryl methyl sites for hydroxylation is 1. The van der Waals surface area contributed by atoms with Crippen LogP contribution in [0.15, 0.2) is 30.7 Å². The number of fused-ring (bicyclic) bond motifs is 2. The molecule has 0 saturated carbocycles. The molecule has 4 aromatic rings. The van der Waals surface area contributed by atoms with Gasteiger partial charge in [0.2, 0.25) is 11.8 Å². The monoisotopic (exact) mass is 543 g/mol. The van der Waals surface area contributed by atoms with Gasteiger partial charge in [0.05, 0.1) is 18.8 Å². The molecule has 1 aromatic carbocycles. The molecule has 9 nitrogen and oxygen atoms in total. The minimum atomic E-state index is 0.00215. The fourth-order valence-electron chi connectivity index (χ4n) is 5.97. The highest BCUT2D eigenvalue weighted by Crippen LogP contribution is 2.40. The first-order chi connectivity index (χ1) is 19.0. The Morgan fingerprint density at radius 1 is 1.07 bits per heavy atom. The third kappa shape index (κ3) is 5.22. The number of hydrogen-bond donors (Lipinski definition) is 1. The van der Waals surface area contributed by atoms with Gasteiger partial charge in [-0.05, 0) is 80.0 Å². The van der Waals surface area contributed by atoms with Gasteiger partial charge < -0.3 is 14.8 Å². The van der Waals surface area contributed by atoms with Gasteiger partial charge >= 0.3 is 0 Å². The first kappa shape index (κ1) is 27.8. The van der Waals surface area contributed by atoms with E-state index in [2.05, 4.69) is 67.2 Å². The second-order valence-electron chi connectivity index (χ2n) is 11.8. The van der Waals surface area contributed by atoms with Gasteiger partial charge in [-0.1, -0.05) is 19.9 Å². The van der Waals surface area contributed by atoms with Crippen molar-refractivity contribution in [3.05, 3.63) is 53.0 Å². The van der Waals surface area contributed by atoms with Crippen LogP contribution in [-0.4, -0.2) is 93.4 Å². The second-order valence-corrected chi connectivity index (χ2v) is 11.8. The summed E-state index contributed by atoms with van der Waals surface area (Å²) < 4.78 is 1.87. The van der Waals surface area contributed by atoms with Gasteiger partial charge in [-0.3, -0.25) is 14.5 Å². The summed E-state index contributed by atoms with van der Waals surface area (Å²) in [5.74, 6) is 0.842. The number of likely N-dealkylation sites (tertiary alicyclic amines) is 1. The molecule has 0 atom stereocenters. The van der Waals surface area contributed by atoms with Crippen molar-refractivity contribution < 1.29 is 9.59 Å². The lowest BCUT2D eigenvalue weighted by Crippen LogP contribution is -2.45. The molecule has 5 rings (SSSR count). The minimum absolute atomic E-state index is 0.00215. The number of hydrogen-bond acceptors (Lipinski definition) is 5. The molecule has 0 aliphatic carbocycles. The third-order valence-corrected chi connectivity index (χ3v) is 8.46. The summed E-state index contributed by atoms with van der Waals surface area (Å²) in [6.45, 7) is 10.8. The molecule has 0 bridgehead atoms. The summed E-state index contributed by atoms with van der Waals surface area (Å²) in [6.07, 6.45) is 5.57. The van der Waals surface area contributed by atoms with Crippen LogP contribution in [0.25, 0.3) is 27.8 Å². The number of carbonyl (C=O) groups excluding carboxylic acids is 2. The minimum Gasteiger partial charge on any atom is -0.354 e. The van der Waals surface area contributed by atoms with E-state index in [0.29, 0.717) is 11.8 Å². The number of aromatic nitrogens is 4. The number of rotatable bonds is 7. The Morgan fingerprint density at radius 2 is 1.80 bits per heavy atom. The number of amides is 2. The maximum atomic E-state index is 12.9. The summed E-state index contributed by atoms with van der Waals surface area (Å²) in [7, 11) is 5.29. The van der Waals surface area contributed by atoms with Gasteiger partial charge in [-0.2, -0.15) is 5.10 Å². The SMILES string of the molecule is Cc1c(-c2[nH]c3ccc(C4CCN(C(=O)CN(C)CC(=O)N(C)C)CC4)cc3c2C(C)C)cn2ncnc2c1C. The molecule has 1 aliphatic heterocycles. The molecule has 9 heteroatoms. The molecule has 1 N–H and O–H groups in total. The summed E-state index contributed by atoms with van der Waals surface area (Å²) in [4.78, 5) is 38.3. The molecular formula is C31H41N7O2. The van der Waals surface area contributed by atoms with Crippen molar-refractivity contribution in [1.82, 2.24) is 34.3 Å². The number of nitrogens with one attached hydrogen (secondary N) is 1. The van der Waals surface area contributed by atoms with Gasteiger partial charge in [0.25, 0.3) is 0 Å². The van der Waals surface area contributed by atoms with Crippen molar-refractivity contribution in [1.29, 1.82) is 0 Å². The Kier molecular flexibility index (Phi) is 7.68. The van der Waals surface area contributed by atoms with Crippen LogP contribution < -0.4 is 0 Å². The molecule has 3 aromatic heterocycles. The molecule has 1 aliphatic rings. The Balaban J connectivity index is 1.36. The number of pyridine rings is 1. The van der Waals surface area contributed by atoms with Crippen LogP contribution in [0, 0.1) is 13.8 Å². The van der Waals surface area contributed by atoms with Crippen molar-refractivity contribution >= 4 is 28.4 Å². The summed E-state index contributed by atoms with van der Waals surface area (Å²) in [5, 5.41) is 5.68. The number of carbonyl (C=O) groups is 2. The fourth-order valence-corrected chi connectivity index (χ4v) is 5.97. The van der Waals surface area contributed by atoms with E-state index in [4.69, 9.17) is 0 Å². The van der Waals surface area contributed by atoms with Gasteiger partial charge in [0, 0.05) is 49.8 Å². The molecule has 1 fully saturated rings. The third-order valence-electron chi connectivity index (χ3n) is 8.46. The number of nitrogens with zero attached hydrogens (tertiary/aromatic N) is 6. The molecule has 0 unspecified atom stereocenters. The average Bonchev–Trinajstić information content (AvgIpc) is 3.55. The molecule has 40 heavy (non-hydrogen) atoms. The van der Waals surface area contributed by atoms with Crippen LogP contribution in [0.5, 0.6) is 0 Å². The highest BCUT2D eigenvalue weighted by atomic mass is 16.2. The number of aromatic amines is 1. The molecule has 0 radical (unpaired) electrons. The lowest BCUT2D eigenvalue weighted by atomic mass is 9.87. The van der Waals surface area contributed by atoms with Crippen molar-refractivity contribution in [2.75, 3.05) is 47.3 Å². The van der Waals surface area contributed by atoms with E-state index in [-0.39, 0.29) is 24.9 Å². The van der Waals surface area contributed by atoms with Gasteiger partial charge in [0.15, 0.2) is 5.65 Å². The molecule has 0 spiro atoms. The molecule has 1 saturated heterocycles. The van der Waals surface area contributed by atoms with E-state index >= 15 is 0 Å². The second kappa shape index (κ2) is 11.0. The largest absolute Gasteiger partial charge is 0.354 e. The van der Waals surface area contributed by atoms with Gasteiger partial charge in [0.1, 0.15) is 6.33 Å². The van der Waals surface area contributed by atoms with E-state index in [1.165, 1.54) is 22.1 Å². The van der Waals surface area contributed by atoms with E-state index in [1.54, 1.807) is 30.2 Å². The topological polar surface area (TPSA) is 89.8 Å². The van der Waals surface area contributed by atoms with Crippen LogP contribution in [0.2, 0.25) is 0 Å². The van der Waals surface area contributed by atoms with Crippen LogP contribution in [0.3, 0.4) is 0 Å². The smallest absolute Gasteiger partial charge is 0.236 e. The predicted molar refractivity (Wildman–Crippen MR) is 159 cm³/mol. The highest BCUT2D eigenvalue weighted by Gasteiger charge is 2.26. The Hall–Kier alpha value is -3.72. The standard InChI is InChI=1S/C31H41N7O2/c1-19(2)29-24-14-23(22-10-12-37(13-11-22)28(40)17-36(7)16-27(39)35(5)6)8-9-26(24)34-30(29)25-15-38-31(32-18-33-38)21(4)20(25)3/h8-9,14-15,18-19,22,34H,10-13,16-17H2,1-7H3. The van der Waals surface area contributed by atoms with Crippen LogP contribution in [-0.2, 0) is 9.59 Å². The van der Waals surface area contributed by atoms with Crippen molar-refractivity contribution in [2.45, 2.75) is 52.4 Å². The van der Waals surface area contributed by atoms with Crippen molar-refractivity contribution in [2.24, 2.45) is 0 Å². The van der Waals surface area contributed by atoms with E-state index < -0.39 is 0 Å². The van der Waals surface area contributed by atoms with Crippen LogP contribution >= 0.6 is 0 Å². The maximum absolute atomic E-state index is 12.9. The Bertz CT molecular complexity index is 1560. The predicted octanol–water partition coefficient (Wildman–Crippen LogP) is 4.34. The summed E-state index contributed by atoms with van der Waals surface area (Å²) >= 11 is 0. The first-order valence-electron chi connectivity index (χ1n) is 14.2. The zero-order chi connectivity index (χ0) is 28.7. The van der Waals surface area contributed by atoms with Crippen molar-refractivity contribution in [3.8, 4) is 11.3 Å². The molecule has 2 amide bonds. The van der Waals surface area contributed by atoms with Gasteiger partial charge in [-0.25, -0.2) is 9.50 Å².